The quantitative estimate of drug-likeness (QED) is 0.768. The second-order valence-corrected chi connectivity index (χ2v) is 7.15. The molecule has 3 rings (SSSR count). The number of methoxy groups -OCH3 is 1. The molecule has 1 heterocycles. The van der Waals surface area contributed by atoms with E-state index in [1.807, 2.05) is 57.2 Å². The number of aryl methyl sites for hydroxylation is 2. The van der Waals surface area contributed by atoms with Gasteiger partial charge in [0.25, 0.3) is 5.91 Å². The fraction of sp³-hybridized carbons (Fsp3) is 0.238. The van der Waals surface area contributed by atoms with E-state index in [-0.39, 0.29) is 5.91 Å². The highest BCUT2D eigenvalue weighted by atomic mass is 32.2. The Hall–Kier alpha value is -2.73. The minimum Gasteiger partial charge on any atom is -0.493 e. The number of aliphatic imine (C=N–C) groups is 1. The van der Waals surface area contributed by atoms with E-state index in [0.29, 0.717) is 28.2 Å². The highest BCUT2D eigenvalue weighted by Crippen LogP contribution is 2.32. The zero-order valence-corrected chi connectivity index (χ0v) is 16.6. The number of hydrogen-bond donors (Lipinski definition) is 1. The van der Waals surface area contributed by atoms with Crippen LogP contribution in [0.4, 0.5) is 5.69 Å². The Labute approximate surface area is 163 Å². The van der Waals surface area contributed by atoms with Crippen LogP contribution in [0.15, 0.2) is 46.3 Å². The third kappa shape index (κ3) is 4.52. The van der Waals surface area contributed by atoms with Gasteiger partial charge in [-0.1, -0.05) is 23.8 Å². The van der Waals surface area contributed by atoms with Gasteiger partial charge in [0.15, 0.2) is 16.7 Å². The van der Waals surface area contributed by atoms with Gasteiger partial charge >= 0.3 is 0 Å². The van der Waals surface area contributed by atoms with E-state index in [9.17, 15) is 4.79 Å². The summed E-state index contributed by atoms with van der Waals surface area (Å²) in [5.74, 6) is 1.17. The van der Waals surface area contributed by atoms with Gasteiger partial charge in [0.05, 0.1) is 24.3 Å². The largest absolute Gasteiger partial charge is 0.493 e. The second kappa shape index (κ2) is 8.31. The number of carbonyl (C=O) groups is 1. The summed E-state index contributed by atoms with van der Waals surface area (Å²) in [5, 5.41) is 3.41. The first-order chi connectivity index (χ1) is 13.0. The molecule has 1 fully saturated rings. The average molecular weight is 382 g/mol. The third-order valence-electron chi connectivity index (χ3n) is 4.01. The predicted molar refractivity (Wildman–Crippen MR) is 111 cm³/mol. The fourth-order valence-electron chi connectivity index (χ4n) is 2.72. The van der Waals surface area contributed by atoms with Crippen LogP contribution < -0.4 is 14.8 Å². The summed E-state index contributed by atoms with van der Waals surface area (Å²) in [6, 6.07) is 11.6. The van der Waals surface area contributed by atoms with Crippen LogP contribution in [0.3, 0.4) is 0 Å². The number of nitrogens with zero attached hydrogens (tertiary/aromatic N) is 1. The summed E-state index contributed by atoms with van der Waals surface area (Å²) in [6.07, 6.45) is 1.83. The Bertz CT molecular complexity index is 935. The van der Waals surface area contributed by atoms with E-state index in [1.165, 1.54) is 17.3 Å². The van der Waals surface area contributed by atoms with Crippen LogP contribution >= 0.6 is 11.8 Å². The summed E-state index contributed by atoms with van der Waals surface area (Å²) in [6.45, 7) is 6.51. The minimum atomic E-state index is -0.155. The minimum absolute atomic E-state index is 0.155. The number of nitrogens with one attached hydrogen (secondary N) is 1. The number of hydrogen-bond acceptors (Lipinski definition) is 5. The highest BCUT2D eigenvalue weighted by Gasteiger charge is 2.24. The van der Waals surface area contributed by atoms with Crippen LogP contribution in [-0.4, -0.2) is 24.8 Å². The molecule has 0 saturated carbocycles. The summed E-state index contributed by atoms with van der Waals surface area (Å²) in [4.78, 5) is 17.5. The molecule has 0 radical (unpaired) electrons. The lowest BCUT2D eigenvalue weighted by molar-refractivity contribution is -0.115. The number of benzene rings is 2. The lowest BCUT2D eigenvalue weighted by Gasteiger charge is -2.09. The van der Waals surface area contributed by atoms with Gasteiger partial charge in [-0.15, -0.1) is 0 Å². The number of thioether (sulfide) groups is 1. The van der Waals surface area contributed by atoms with Crippen LogP contribution in [0.25, 0.3) is 6.08 Å². The van der Waals surface area contributed by atoms with Gasteiger partial charge in [-0.05, 0) is 67.9 Å². The van der Waals surface area contributed by atoms with Crippen molar-refractivity contribution in [2.45, 2.75) is 20.8 Å². The van der Waals surface area contributed by atoms with Gasteiger partial charge in [0.2, 0.25) is 0 Å². The van der Waals surface area contributed by atoms with Crippen LogP contribution in [-0.2, 0) is 4.79 Å². The van der Waals surface area contributed by atoms with Crippen LogP contribution in [0.2, 0.25) is 0 Å². The van der Waals surface area contributed by atoms with Crippen molar-refractivity contribution in [3.63, 3.8) is 0 Å². The molecular formula is C21H22N2O3S. The van der Waals surface area contributed by atoms with Gasteiger partial charge in [-0.3, -0.25) is 4.79 Å². The first-order valence-corrected chi connectivity index (χ1v) is 9.49. The molecule has 0 bridgehead atoms. The topological polar surface area (TPSA) is 59.9 Å². The SMILES string of the molecule is CCOc1cc(/C=C2/SC(=Nc3ccc(C)cc3C)NC2=O)ccc1OC. The molecule has 0 aromatic heterocycles. The lowest BCUT2D eigenvalue weighted by Crippen LogP contribution is -2.19. The summed E-state index contributed by atoms with van der Waals surface area (Å²) in [7, 11) is 1.60. The number of ether oxygens (including phenoxy) is 2. The van der Waals surface area contributed by atoms with Gasteiger partial charge in [-0.25, -0.2) is 4.99 Å². The standard InChI is InChI=1S/C21H22N2O3S/c1-5-26-18-11-15(7-9-17(18)25-4)12-19-20(24)23-21(27-19)22-16-8-6-13(2)10-14(16)3/h6-12H,5H2,1-4H3,(H,22,23,24)/b19-12+. The normalized spacial score (nSPS) is 16.7. The first-order valence-electron chi connectivity index (χ1n) is 8.68. The van der Waals surface area contributed by atoms with Crippen molar-refractivity contribution in [2.75, 3.05) is 13.7 Å². The summed E-state index contributed by atoms with van der Waals surface area (Å²) >= 11 is 1.33. The van der Waals surface area contributed by atoms with Crippen molar-refractivity contribution in [1.29, 1.82) is 0 Å². The van der Waals surface area contributed by atoms with E-state index in [2.05, 4.69) is 16.4 Å². The van der Waals surface area contributed by atoms with E-state index in [0.717, 1.165) is 16.8 Å². The summed E-state index contributed by atoms with van der Waals surface area (Å²) in [5.41, 5.74) is 3.98. The third-order valence-corrected chi connectivity index (χ3v) is 4.92. The Kier molecular flexibility index (Phi) is 5.86. The van der Waals surface area contributed by atoms with Crippen molar-refractivity contribution in [3.05, 3.63) is 58.0 Å². The fourth-order valence-corrected chi connectivity index (χ4v) is 3.56. The molecule has 1 aliphatic heterocycles. The Balaban J connectivity index is 1.85. The molecule has 1 aliphatic rings. The van der Waals surface area contributed by atoms with Gasteiger partial charge in [0, 0.05) is 0 Å². The zero-order valence-electron chi connectivity index (χ0n) is 15.8. The maximum atomic E-state index is 12.3. The van der Waals surface area contributed by atoms with Crippen molar-refractivity contribution in [1.82, 2.24) is 5.32 Å². The number of rotatable bonds is 5. The monoisotopic (exact) mass is 382 g/mol. The molecule has 27 heavy (non-hydrogen) atoms. The highest BCUT2D eigenvalue weighted by molar-refractivity contribution is 8.18. The molecule has 0 spiro atoms. The maximum absolute atomic E-state index is 12.3. The molecule has 2 aromatic carbocycles. The Morgan fingerprint density at radius 2 is 1.96 bits per heavy atom. The maximum Gasteiger partial charge on any atom is 0.264 e. The Morgan fingerprint density at radius 3 is 2.67 bits per heavy atom. The van der Waals surface area contributed by atoms with Crippen LogP contribution in [0.5, 0.6) is 11.5 Å². The van der Waals surface area contributed by atoms with E-state index < -0.39 is 0 Å². The number of carbonyl (C=O) groups excluding carboxylic acids is 1. The van der Waals surface area contributed by atoms with Crippen LogP contribution in [0.1, 0.15) is 23.6 Å². The molecular weight excluding hydrogens is 360 g/mol. The number of amides is 1. The molecule has 5 nitrogen and oxygen atoms in total. The van der Waals surface area contributed by atoms with Crippen molar-refractivity contribution in [3.8, 4) is 11.5 Å². The first kappa shape index (κ1) is 19.0. The van der Waals surface area contributed by atoms with Crippen molar-refractivity contribution in [2.24, 2.45) is 4.99 Å². The second-order valence-electron chi connectivity index (χ2n) is 6.11. The molecule has 1 saturated heterocycles. The molecule has 0 atom stereocenters. The van der Waals surface area contributed by atoms with Gasteiger partial charge in [-0.2, -0.15) is 0 Å². The van der Waals surface area contributed by atoms with Crippen molar-refractivity contribution < 1.29 is 14.3 Å². The molecule has 140 valence electrons. The van der Waals surface area contributed by atoms with Crippen LogP contribution in [0, 0.1) is 13.8 Å². The number of amidine groups is 1. The predicted octanol–water partition coefficient (Wildman–Crippen LogP) is 4.60. The zero-order chi connectivity index (χ0) is 19.4. The van der Waals surface area contributed by atoms with Gasteiger partial charge in [0.1, 0.15) is 0 Å². The Morgan fingerprint density at radius 1 is 1.15 bits per heavy atom. The van der Waals surface area contributed by atoms with E-state index in [1.54, 1.807) is 7.11 Å². The molecule has 0 unspecified atom stereocenters. The van der Waals surface area contributed by atoms with Crippen molar-refractivity contribution >= 4 is 34.6 Å². The molecule has 1 N–H and O–H groups in total. The molecule has 2 aromatic rings. The summed E-state index contributed by atoms with van der Waals surface area (Å²) < 4.78 is 10.9. The molecule has 6 heteroatoms. The smallest absolute Gasteiger partial charge is 0.264 e. The average Bonchev–Trinajstić information content (AvgIpc) is 2.97. The van der Waals surface area contributed by atoms with E-state index in [4.69, 9.17) is 9.47 Å². The molecule has 1 amide bonds. The van der Waals surface area contributed by atoms with E-state index >= 15 is 0 Å². The van der Waals surface area contributed by atoms with Gasteiger partial charge < -0.3 is 14.8 Å². The molecule has 0 aliphatic carbocycles. The lowest BCUT2D eigenvalue weighted by atomic mass is 10.1.